The van der Waals surface area contributed by atoms with Gasteiger partial charge in [-0.1, -0.05) is 0 Å². The summed E-state index contributed by atoms with van der Waals surface area (Å²) in [6.07, 6.45) is 0.376. The van der Waals surface area contributed by atoms with Crippen molar-refractivity contribution in [2.75, 3.05) is 18.0 Å². The number of aromatic nitrogens is 2. The van der Waals surface area contributed by atoms with E-state index in [9.17, 15) is 4.79 Å². The van der Waals surface area contributed by atoms with Crippen LogP contribution in [0.25, 0.3) is 0 Å². The third-order valence-electron chi connectivity index (χ3n) is 2.70. The minimum Gasteiger partial charge on any atom is -0.330 e. The maximum Gasteiger partial charge on any atom is 0.229 e. The highest BCUT2D eigenvalue weighted by Gasteiger charge is 2.32. The van der Waals surface area contributed by atoms with E-state index in [0.717, 1.165) is 0 Å². The van der Waals surface area contributed by atoms with Gasteiger partial charge in [-0.15, -0.1) is 0 Å². The smallest absolute Gasteiger partial charge is 0.229 e. The fraction of sp³-hybridized carbons (Fsp3) is 0.400. The third-order valence-corrected chi connectivity index (χ3v) is 2.70. The van der Waals surface area contributed by atoms with Gasteiger partial charge in [-0.05, 0) is 12.5 Å². The Balaban J connectivity index is 2.30. The number of nitrogens with two attached hydrogens (primary N) is 1. The Labute approximate surface area is 97.5 Å². The van der Waals surface area contributed by atoms with Gasteiger partial charge in [0.15, 0.2) is 11.4 Å². The first-order valence-corrected chi connectivity index (χ1v) is 5.10. The van der Waals surface area contributed by atoms with Gasteiger partial charge in [-0.3, -0.25) is 9.69 Å². The zero-order valence-corrected chi connectivity index (χ0v) is 8.97. The number of hydrogen-bond acceptors (Lipinski definition) is 5. The van der Waals surface area contributed by atoms with E-state index in [1.54, 1.807) is 6.07 Å². The first-order chi connectivity index (χ1) is 8.19. The van der Waals surface area contributed by atoms with Gasteiger partial charge in [-0.2, -0.15) is 10.5 Å². The van der Waals surface area contributed by atoms with Gasteiger partial charge < -0.3 is 10.7 Å². The second-order valence-corrected chi connectivity index (χ2v) is 3.82. The largest absolute Gasteiger partial charge is 0.330 e. The molecule has 0 aromatic carbocycles. The molecule has 1 saturated heterocycles. The van der Waals surface area contributed by atoms with Crippen molar-refractivity contribution in [3.05, 3.63) is 11.4 Å². The quantitative estimate of drug-likeness (QED) is 0.706. The minimum atomic E-state index is -0.0943. The lowest BCUT2D eigenvalue weighted by atomic mass is 10.1. The summed E-state index contributed by atoms with van der Waals surface area (Å²) >= 11 is 0. The normalized spacial score (nSPS) is 19.1. The lowest BCUT2D eigenvalue weighted by Gasteiger charge is -2.11. The fourth-order valence-electron chi connectivity index (χ4n) is 1.79. The number of nitrogens with one attached hydrogen (secondary N) is 1. The molecule has 2 rings (SSSR count). The molecule has 0 radical (unpaired) electrons. The van der Waals surface area contributed by atoms with Gasteiger partial charge in [0.2, 0.25) is 11.9 Å². The number of amides is 1. The highest BCUT2D eigenvalue weighted by molar-refractivity contribution is 5.94. The van der Waals surface area contributed by atoms with E-state index in [1.807, 2.05) is 6.07 Å². The molecule has 1 amide bonds. The van der Waals surface area contributed by atoms with E-state index in [0.29, 0.717) is 19.5 Å². The van der Waals surface area contributed by atoms with Gasteiger partial charge in [-0.25, -0.2) is 4.98 Å². The number of nitriles is 2. The monoisotopic (exact) mass is 230 g/mol. The van der Waals surface area contributed by atoms with Crippen LogP contribution in [0, 0.1) is 28.6 Å². The van der Waals surface area contributed by atoms with Crippen molar-refractivity contribution in [1.29, 1.82) is 10.5 Å². The second kappa shape index (κ2) is 4.24. The number of nitrogens with zero attached hydrogens (tertiary/aromatic N) is 4. The van der Waals surface area contributed by atoms with Crippen molar-refractivity contribution in [3.63, 3.8) is 0 Å². The summed E-state index contributed by atoms with van der Waals surface area (Å²) in [5.41, 5.74) is 5.59. The Morgan fingerprint density at radius 1 is 1.53 bits per heavy atom. The zero-order valence-electron chi connectivity index (χ0n) is 8.97. The van der Waals surface area contributed by atoms with Crippen molar-refractivity contribution in [3.8, 4) is 12.1 Å². The van der Waals surface area contributed by atoms with Crippen LogP contribution < -0.4 is 10.6 Å². The van der Waals surface area contributed by atoms with E-state index in [-0.39, 0.29) is 29.2 Å². The molecule has 1 unspecified atom stereocenters. The standard InChI is InChI=1S/C10H10N6O/c11-2-6-1-9(17)16(5-6)10-14-7(3-12)8(4-13)15-10/h6H,1-2,5,11H2,(H,14,15). The van der Waals surface area contributed by atoms with Crippen LogP contribution in [0.3, 0.4) is 0 Å². The molecule has 0 aliphatic carbocycles. The minimum absolute atomic E-state index is 0.00602. The van der Waals surface area contributed by atoms with Crippen molar-refractivity contribution < 1.29 is 4.79 Å². The van der Waals surface area contributed by atoms with Crippen LogP contribution in [0.1, 0.15) is 17.8 Å². The topological polar surface area (TPSA) is 123 Å². The first kappa shape index (κ1) is 11.1. The maximum absolute atomic E-state index is 11.7. The van der Waals surface area contributed by atoms with Gasteiger partial charge in [0.1, 0.15) is 12.1 Å². The lowest BCUT2D eigenvalue weighted by Crippen LogP contribution is -2.26. The van der Waals surface area contributed by atoms with Crippen molar-refractivity contribution >= 4 is 11.9 Å². The van der Waals surface area contributed by atoms with Crippen LogP contribution in [0.4, 0.5) is 5.95 Å². The molecule has 2 heterocycles. The molecule has 1 aliphatic rings. The molecule has 3 N–H and O–H groups in total. The molecule has 0 bridgehead atoms. The predicted molar refractivity (Wildman–Crippen MR) is 57.5 cm³/mol. The van der Waals surface area contributed by atoms with Crippen LogP contribution in [-0.4, -0.2) is 29.0 Å². The van der Waals surface area contributed by atoms with Crippen LogP contribution >= 0.6 is 0 Å². The van der Waals surface area contributed by atoms with E-state index in [1.165, 1.54) is 4.90 Å². The molecule has 1 fully saturated rings. The summed E-state index contributed by atoms with van der Waals surface area (Å²) in [7, 11) is 0. The summed E-state index contributed by atoms with van der Waals surface area (Å²) in [4.78, 5) is 19.7. The molecule has 86 valence electrons. The number of aromatic amines is 1. The maximum atomic E-state index is 11.7. The number of H-pyrrole nitrogens is 1. The summed E-state index contributed by atoms with van der Waals surface area (Å²) in [6.45, 7) is 0.901. The number of rotatable bonds is 2. The van der Waals surface area contributed by atoms with E-state index in [4.69, 9.17) is 16.3 Å². The molecule has 1 aliphatic heterocycles. The van der Waals surface area contributed by atoms with Crippen molar-refractivity contribution in [2.24, 2.45) is 11.7 Å². The summed E-state index contributed by atoms with van der Waals surface area (Å²) in [5, 5.41) is 17.5. The van der Waals surface area contributed by atoms with Gasteiger partial charge in [0.25, 0.3) is 0 Å². The Hall–Kier alpha value is -2.38. The fourth-order valence-corrected chi connectivity index (χ4v) is 1.79. The van der Waals surface area contributed by atoms with Crippen molar-refractivity contribution in [1.82, 2.24) is 9.97 Å². The molecule has 17 heavy (non-hydrogen) atoms. The molecule has 7 nitrogen and oxygen atoms in total. The van der Waals surface area contributed by atoms with E-state index < -0.39 is 0 Å². The van der Waals surface area contributed by atoms with Crippen LogP contribution in [-0.2, 0) is 4.79 Å². The lowest BCUT2D eigenvalue weighted by molar-refractivity contribution is -0.117. The Morgan fingerprint density at radius 2 is 2.29 bits per heavy atom. The number of imidazole rings is 1. The Morgan fingerprint density at radius 3 is 2.76 bits per heavy atom. The summed E-state index contributed by atoms with van der Waals surface area (Å²) < 4.78 is 0. The van der Waals surface area contributed by atoms with Gasteiger partial charge in [0, 0.05) is 13.0 Å². The average molecular weight is 230 g/mol. The molecule has 7 heteroatoms. The van der Waals surface area contributed by atoms with Crippen LogP contribution in [0.15, 0.2) is 0 Å². The predicted octanol–water partition coefficient (Wildman–Crippen LogP) is -0.535. The molecule has 1 atom stereocenters. The summed E-state index contributed by atoms with van der Waals surface area (Å²) in [5.74, 6) is 0.255. The molecule has 0 saturated carbocycles. The average Bonchev–Trinajstić information content (AvgIpc) is 2.91. The molecular formula is C10H10N6O. The highest BCUT2D eigenvalue weighted by atomic mass is 16.2. The number of anilines is 1. The molecular weight excluding hydrogens is 220 g/mol. The molecule has 1 aromatic heterocycles. The number of hydrogen-bond donors (Lipinski definition) is 2. The summed E-state index contributed by atoms with van der Waals surface area (Å²) in [6, 6.07) is 3.63. The van der Waals surface area contributed by atoms with Crippen molar-refractivity contribution in [2.45, 2.75) is 6.42 Å². The van der Waals surface area contributed by atoms with Gasteiger partial charge >= 0.3 is 0 Å². The van der Waals surface area contributed by atoms with Crippen LogP contribution in [0.5, 0.6) is 0 Å². The second-order valence-electron chi connectivity index (χ2n) is 3.82. The van der Waals surface area contributed by atoms with Crippen LogP contribution in [0.2, 0.25) is 0 Å². The highest BCUT2D eigenvalue weighted by Crippen LogP contribution is 2.22. The first-order valence-electron chi connectivity index (χ1n) is 5.10. The van der Waals surface area contributed by atoms with E-state index >= 15 is 0 Å². The molecule has 0 spiro atoms. The van der Waals surface area contributed by atoms with E-state index in [2.05, 4.69) is 9.97 Å². The Kier molecular flexibility index (Phi) is 2.77. The number of carbonyl (C=O) groups is 1. The van der Waals surface area contributed by atoms with Gasteiger partial charge in [0.05, 0.1) is 0 Å². The number of carbonyl (C=O) groups excluding carboxylic acids is 1. The third kappa shape index (κ3) is 1.84. The zero-order chi connectivity index (χ0) is 12.4. The Bertz CT molecular complexity index is 502. The molecule has 1 aromatic rings. The SMILES string of the molecule is N#Cc1nc(N2CC(CN)CC2=O)[nH]c1C#N.